The van der Waals surface area contributed by atoms with Crippen LogP contribution in [0.15, 0.2) is 65.2 Å². The molecule has 2 heteroatoms. The molecule has 0 unspecified atom stereocenters. The summed E-state index contributed by atoms with van der Waals surface area (Å²) >= 11 is 0. The molecular formula is C31H34NO+. The van der Waals surface area contributed by atoms with Gasteiger partial charge >= 0.3 is 0 Å². The lowest BCUT2D eigenvalue weighted by Crippen LogP contribution is -2.30. The van der Waals surface area contributed by atoms with Gasteiger partial charge in [0.15, 0.2) is 6.20 Å². The van der Waals surface area contributed by atoms with Crippen LogP contribution in [-0.4, -0.2) is 0 Å². The Labute approximate surface area is 196 Å². The van der Waals surface area contributed by atoms with Crippen molar-refractivity contribution < 1.29 is 8.98 Å². The number of fused-ring (bicyclic) bond motifs is 4. The van der Waals surface area contributed by atoms with E-state index in [4.69, 9.17) is 4.42 Å². The SMILES string of the molecule is Cc1c(-c2c3oc4c(CC(C)C)cccc4c3cc[n+]2C)cc(C(C)(C)C)c2ccccc12. The third kappa shape index (κ3) is 3.53. The van der Waals surface area contributed by atoms with Gasteiger partial charge in [0.05, 0.1) is 5.56 Å². The Morgan fingerprint density at radius 2 is 1.52 bits per heavy atom. The minimum Gasteiger partial charge on any atom is -0.449 e. The van der Waals surface area contributed by atoms with Gasteiger partial charge in [0.25, 0.3) is 5.69 Å². The molecule has 33 heavy (non-hydrogen) atoms. The smallest absolute Gasteiger partial charge is 0.256 e. The summed E-state index contributed by atoms with van der Waals surface area (Å²) in [5.74, 6) is 0.580. The van der Waals surface area contributed by atoms with E-state index in [1.807, 2.05) is 0 Å². The molecule has 0 bridgehead atoms. The average Bonchev–Trinajstić information content (AvgIpc) is 3.13. The van der Waals surface area contributed by atoms with E-state index in [0.29, 0.717) is 5.92 Å². The zero-order valence-electron chi connectivity index (χ0n) is 20.9. The van der Waals surface area contributed by atoms with Crippen LogP contribution in [0.3, 0.4) is 0 Å². The zero-order valence-corrected chi connectivity index (χ0v) is 20.9. The predicted octanol–water partition coefficient (Wildman–Crippen LogP) is 8.04. The fourth-order valence-electron chi connectivity index (χ4n) is 5.26. The molecule has 0 aliphatic rings. The summed E-state index contributed by atoms with van der Waals surface area (Å²) in [5.41, 5.74) is 8.39. The first kappa shape index (κ1) is 21.7. The highest BCUT2D eigenvalue weighted by Crippen LogP contribution is 2.41. The Balaban J connectivity index is 1.89. The normalized spacial score (nSPS) is 12.5. The maximum Gasteiger partial charge on any atom is 0.256 e. The van der Waals surface area contributed by atoms with Crippen molar-refractivity contribution in [2.45, 2.75) is 53.4 Å². The Bertz CT molecular complexity index is 1510. The molecule has 0 amide bonds. The molecule has 5 aromatic rings. The molecule has 5 rings (SSSR count). The van der Waals surface area contributed by atoms with E-state index in [1.165, 1.54) is 43.8 Å². The van der Waals surface area contributed by atoms with E-state index in [9.17, 15) is 0 Å². The number of hydrogen-bond acceptors (Lipinski definition) is 1. The summed E-state index contributed by atoms with van der Waals surface area (Å²) in [4.78, 5) is 0. The van der Waals surface area contributed by atoms with Gasteiger partial charge in [-0.25, -0.2) is 0 Å². The minimum atomic E-state index is 0.0346. The zero-order chi connectivity index (χ0) is 23.5. The van der Waals surface area contributed by atoms with E-state index in [0.717, 1.165) is 23.3 Å². The number of aryl methyl sites for hydroxylation is 2. The number of aromatic nitrogens is 1. The van der Waals surface area contributed by atoms with Crippen molar-refractivity contribution in [1.29, 1.82) is 0 Å². The molecular weight excluding hydrogens is 402 g/mol. The van der Waals surface area contributed by atoms with Crippen LogP contribution in [0.2, 0.25) is 0 Å². The van der Waals surface area contributed by atoms with E-state index >= 15 is 0 Å². The Hall–Kier alpha value is -3.13. The number of benzene rings is 3. The van der Waals surface area contributed by atoms with Gasteiger partial charge in [-0.05, 0) is 58.2 Å². The van der Waals surface area contributed by atoms with Crippen LogP contribution in [0.4, 0.5) is 0 Å². The van der Waals surface area contributed by atoms with Crippen molar-refractivity contribution in [3.63, 3.8) is 0 Å². The maximum atomic E-state index is 6.72. The van der Waals surface area contributed by atoms with Crippen LogP contribution in [-0.2, 0) is 18.9 Å². The summed E-state index contributed by atoms with van der Waals surface area (Å²) in [5, 5.41) is 5.05. The van der Waals surface area contributed by atoms with Crippen LogP contribution in [0.25, 0.3) is 44.0 Å². The Kier molecular flexibility index (Phi) is 5.08. The third-order valence-electron chi connectivity index (χ3n) is 6.87. The molecule has 0 spiro atoms. The Morgan fingerprint density at radius 1 is 0.848 bits per heavy atom. The lowest BCUT2D eigenvalue weighted by atomic mass is 9.80. The first-order chi connectivity index (χ1) is 15.7. The molecule has 3 aromatic carbocycles. The quantitative estimate of drug-likeness (QED) is 0.262. The molecule has 2 nitrogen and oxygen atoms in total. The Morgan fingerprint density at radius 3 is 2.21 bits per heavy atom. The van der Waals surface area contributed by atoms with Gasteiger partial charge < -0.3 is 4.42 Å². The van der Waals surface area contributed by atoms with Gasteiger partial charge in [0.2, 0.25) is 5.58 Å². The first-order valence-electron chi connectivity index (χ1n) is 12.0. The van der Waals surface area contributed by atoms with Crippen LogP contribution in [0, 0.1) is 12.8 Å². The van der Waals surface area contributed by atoms with E-state index in [-0.39, 0.29) is 5.41 Å². The fourth-order valence-corrected chi connectivity index (χ4v) is 5.26. The highest BCUT2D eigenvalue weighted by molar-refractivity contribution is 6.09. The van der Waals surface area contributed by atoms with Gasteiger partial charge in [0, 0.05) is 16.8 Å². The van der Waals surface area contributed by atoms with Gasteiger partial charge in [-0.15, -0.1) is 0 Å². The largest absolute Gasteiger partial charge is 0.449 e. The van der Waals surface area contributed by atoms with Gasteiger partial charge in [0.1, 0.15) is 12.6 Å². The number of furan rings is 1. The van der Waals surface area contributed by atoms with Gasteiger partial charge in [-0.3, -0.25) is 0 Å². The molecule has 2 aromatic heterocycles. The summed E-state index contributed by atoms with van der Waals surface area (Å²) in [7, 11) is 2.13. The highest BCUT2D eigenvalue weighted by atomic mass is 16.3. The third-order valence-corrected chi connectivity index (χ3v) is 6.87. The summed E-state index contributed by atoms with van der Waals surface area (Å²) in [6.07, 6.45) is 3.19. The first-order valence-corrected chi connectivity index (χ1v) is 12.0. The number of nitrogens with zero attached hydrogens (tertiary/aromatic N) is 1. The monoisotopic (exact) mass is 436 g/mol. The molecule has 0 radical (unpaired) electrons. The van der Waals surface area contributed by atoms with Gasteiger partial charge in [-0.1, -0.05) is 77.1 Å². The number of pyridine rings is 1. The van der Waals surface area contributed by atoms with E-state index in [1.54, 1.807) is 0 Å². The summed E-state index contributed by atoms with van der Waals surface area (Å²) < 4.78 is 8.94. The number of rotatable bonds is 3. The van der Waals surface area contributed by atoms with Crippen LogP contribution in [0.5, 0.6) is 0 Å². The summed E-state index contributed by atoms with van der Waals surface area (Å²) in [6.45, 7) is 13.7. The molecule has 0 N–H and O–H groups in total. The van der Waals surface area contributed by atoms with Crippen molar-refractivity contribution in [2.24, 2.45) is 13.0 Å². The lowest BCUT2D eigenvalue weighted by Gasteiger charge is -2.23. The van der Waals surface area contributed by atoms with Crippen molar-refractivity contribution in [3.8, 4) is 11.3 Å². The van der Waals surface area contributed by atoms with Crippen LogP contribution >= 0.6 is 0 Å². The van der Waals surface area contributed by atoms with E-state index in [2.05, 4.69) is 114 Å². The predicted molar refractivity (Wildman–Crippen MR) is 140 cm³/mol. The second-order valence-corrected chi connectivity index (χ2v) is 10.9. The minimum absolute atomic E-state index is 0.0346. The van der Waals surface area contributed by atoms with Crippen molar-refractivity contribution in [3.05, 3.63) is 77.5 Å². The standard InChI is InChI=1S/C31H34NO/c1-19(2)17-21-11-10-14-24-25-15-16-32(7)28(30(25)33-29(21)24)26-18-27(31(4,5)6)23-13-9-8-12-22(23)20(26)3/h8-16,18-19H,17H2,1-7H3/q+1. The molecule has 2 heterocycles. The number of hydrogen-bond donors (Lipinski definition) is 0. The fraction of sp³-hybridized carbons (Fsp3) is 0.323. The van der Waals surface area contributed by atoms with Crippen LogP contribution < -0.4 is 4.57 Å². The molecule has 0 aliphatic carbocycles. The summed E-state index contributed by atoms with van der Waals surface area (Å²) in [6, 6.07) is 20.0. The highest BCUT2D eigenvalue weighted by Gasteiger charge is 2.27. The molecule has 168 valence electrons. The lowest BCUT2D eigenvalue weighted by molar-refractivity contribution is -0.659. The molecule has 0 saturated carbocycles. The molecule has 0 saturated heterocycles. The van der Waals surface area contributed by atoms with Crippen molar-refractivity contribution in [2.75, 3.05) is 0 Å². The topological polar surface area (TPSA) is 17.0 Å². The molecule has 0 aliphatic heterocycles. The molecule has 0 atom stereocenters. The van der Waals surface area contributed by atoms with Crippen LogP contribution in [0.1, 0.15) is 51.3 Å². The second-order valence-electron chi connectivity index (χ2n) is 10.9. The second kappa shape index (κ2) is 7.73. The van der Waals surface area contributed by atoms with Crippen molar-refractivity contribution in [1.82, 2.24) is 0 Å². The molecule has 0 fully saturated rings. The van der Waals surface area contributed by atoms with Gasteiger partial charge in [-0.2, -0.15) is 4.57 Å². The number of para-hydroxylation sites is 1. The maximum absolute atomic E-state index is 6.72. The van der Waals surface area contributed by atoms with Crippen molar-refractivity contribution >= 4 is 32.7 Å². The average molecular weight is 437 g/mol. The van der Waals surface area contributed by atoms with E-state index < -0.39 is 0 Å².